The van der Waals surface area contributed by atoms with E-state index in [-0.39, 0.29) is 24.5 Å². The van der Waals surface area contributed by atoms with Crippen molar-refractivity contribution in [2.75, 3.05) is 13.2 Å². The van der Waals surface area contributed by atoms with Crippen LogP contribution in [-0.4, -0.2) is 35.9 Å². The molecule has 1 unspecified atom stereocenters. The number of nitrogens with one attached hydrogen (secondary N) is 1. The van der Waals surface area contributed by atoms with Gasteiger partial charge < -0.3 is 15.0 Å². The minimum Gasteiger partial charge on any atom is -0.484 e. The first-order chi connectivity index (χ1) is 14.3. The van der Waals surface area contributed by atoms with Crippen LogP contribution in [0.2, 0.25) is 0 Å². The van der Waals surface area contributed by atoms with Crippen molar-refractivity contribution in [2.45, 2.75) is 52.1 Å². The van der Waals surface area contributed by atoms with E-state index in [4.69, 9.17) is 4.74 Å². The molecule has 5 nitrogen and oxygen atoms in total. The number of benzene rings is 2. The van der Waals surface area contributed by atoms with E-state index in [9.17, 15) is 9.59 Å². The van der Waals surface area contributed by atoms with Crippen LogP contribution in [0.3, 0.4) is 0 Å². The molecule has 0 aromatic heterocycles. The van der Waals surface area contributed by atoms with Gasteiger partial charge in [0.1, 0.15) is 5.75 Å². The van der Waals surface area contributed by atoms with E-state index in [0.717, 1.165) is 30.4 Å². The van der Waals surface area contributed by atoms with Gasteiger partial charge in [0, 0.05) is 18.0 Å². The number of hydrogen-bond donors (Lipinski definition) is 1. The highest BCUT2D eigenvalue weighted by Gasteiger charge is 2.37. The van der Waals surface area contributed by atoms with Crippen molar-refractivity contribution >= 4 is 11.8 Å². The first-order valence-corrected chi connectivity index (χ1v) is 10.7. The monoisotopic (exact) mass is 406 g/mol. The van der Waals surface area contributed by atoms with E-state index in [0.29, 0.717) is 18.3 Å². The van der Waals surface area contributed by atoms with Crippen molar-refractivity contribution in [1.82, 2.24) is 10.2 Å². The molecule has 0 spiro atoms. The molecule has 1 fully saturated rings. The van der Waals surface area contributed by atoms with E-state index in [1.165, 1.54) is 5.56 Å². The number of fused-ring (bicyclic) bond motifs is 1. The summed E-state index contributed by atoms with van der Waals surface area (Å²) in [6, 6.07) is 16.3. The van der Waals surface area contributed by atoms with Crippen LogP contribution in [0.25, 0.3) is 0 Å². The Balaban J connectivity index is 1.63. The van der Waals surface area contributed by atoms with E-state index in [1.807, 2.05) is 56.0 Å². The molecule has 2 aliphatic rings. The van der Waals surface area contributed by atoms with Gasteiger partial charge in [-0.25, -0.2) is 0 Å². The number of rotatable bonds is 5. The zero-order chi connectivity index (χ0) is 21.3. The maximum absolute atomic E-state index is 13.3. The van der Waals surface area contributed by atoms with Crippen LogP contribution in [0.5, 0.6) is 5.75 Å². The number of carbonyl (C=O) groups is 2. The van der Waals surface area contributed by atoms with Crippen LogP contribution in [0.1, 0.15) is 56.3 Å². The van der Waals surface area contributed by atoms with Gasteiger partial charge in [-0.3, -0.25) is 9.59 Å². The molecule has 1 saturated carbocycles. The molecule has 1 N–H and O–H groups in total. The Labute approximate surface area is 178 Å². The highest BCUT2D eigenvalue weighted by atomic mass is 16.5. The molecule has 1 aliphatic heterocycles. The molecule has 1 heterocycles. The standard InChI is InChI=1S/C25H30N2O3/c1-25(2,3)24(29)27-14-13-17-9-12-20(30-16-22(28)26-19-10-11-19)15-21(17)23(27)18-7-5-4-6-8-18/h4-9,12,15,19,23H,10-11,13-14,16H2,1-3H3,(H,26,28). The van der Waals surface area contributed by atoms with Gasteiger partial charge in [-0.15, -0.1) is 0 Å². The Morgan fingerprint density at radius 3 is 2.50 bits per heavy atom. The Hall–Kier alpha value is -2.82. The second kappa shape index (κ2) is 8.13. The van der Waals surface area contributed by atoms with E-state index >= 15 is 0 Å². The molecular formula is C25H30N2O3. The molecule has 0 radical (unpaired) electrons. The molecule has 4 rings (SSSR count). The van der Waals surface area contributed by atoms with Crippen molar-refractivity contribution in [3.63, 3.8) is 0 Å². The van der Waals surface area contributed by atoms with Crippen molar-refractivity contribution < 1.29 is 14.3 Å². The van der Waals surface area contributed by atoms with Crippen LogP contribution >= 0.6 is 0 Å². The van der Waals surface area contributed by atoms with Crippen molar-refractivity contribution in [2.24, 2.45) is 5.41 Å². The van der Waals surface area contributed by atoms with E-state index in [2.05, 4.69) is 23.5 Å². The first-order valence-electron chi connectivity index (χ1n) is 10.7. The van der Waals surface area contributed by atoms with Crippen LogP contribution in [-0.2, 0) is 16.0 Å². The lowest BCUT2D eigenvalue weighted by Crippen LogP contribution is -2.45. The average Bonchev–Trinajstić information content (AvgIpc) is 3.54. The molecule has 0 bridgehead atoms. The molecule has 158 valence electrons. The number of hydrogen-bond acceptors (Lipinski definition) is 3. The smallest absolute Gasteiger partial charge is 0.258 e. The summed E-state index contributed by atoms with van der Waals surface area (Å²) in [7, 11) is 0. The summed E-state index contributed by atoms with van der Waals surface area (Å²) in [4.78, 5) is 27.3. The highest BCUT2D eigenvalue weighted by Crippen LogP contribution is 2.39. The maximum Gasteiger partial charge on any atom is 0.258 e. The number of amides is 2. The van der Waals surface area contributed by atoms with Gasteiger partial charge in [0.25, 0.3) is 5.91 Å². The molecule has 1 aliphatic carbocycles. The average molecular weight is 407 g/mol. The van der Waals surface area contributed by atoms with Gasteiger partial charge in [-0.05, 0) is 48.1 Å². The lowest BCUT2D eigenvalue weighted by molar-refractivity contribution is -0.141. The molecule has 2 amide bonds. The Kier molecular flexibility index (Phi) is 5.54. The lowest BCUT2D eigenvalue weighted by atomic mass is 9.85. The Morgan fingerprint density at radius 1 is 1.10 bits per heavy atom. The third-order valence-electron chi connectivity index (χ3n) is 5.68. The second-order valence-corrected chi connectivity index (χ2v) is 9.30. The maximum atomic E-state index is 13.3. The van der Waals surface area contributed by atoms with Gasteiger partial charge in [0.05, 0.1) is 6.04 Å². The molecule has 2 aromatic carbocycles. The van der Waals surface area contributed by atoms with Crippen LogP contribution in [0.4, 0.5) is 0 Å². The predicted octanol–water partition coefficient (Wildman–Crippen LogP) is 3.86. The zero-order valence-corrected chi connectivity index (χ0v) is 18.0. The number of carbonyl (C=O) groups excluding carboxylic acids is 2. The first kappa shape index (κ1) is 20.5. The Bertz CT molecular complexity index is 929. The van der Waals surface area contributed by atoms with Gasteiger partial charge in [0.2, 0.25) is 5.91 Å². The fourth-order valence-electron chi connectivity index (χ4n) is 3.97. The van der Waals surface area contributed by atoms with Crippen LogP contribution in [0.15, 0.2) is 48.5 Å². The summed E-state index contributed by atoms with van der Waals surface area (Å²) in [6.45, 7) is 6.59. The van der Waals surface area contributed by atoms with E-state index < -0.39 is 5.41 Å². The minimum atomic E-state index is -0.459. The SMILES string of the molecule is CC(C)(C)C(=O)N1CCc2ccc(OCC(=O)NC3CC3)cc2C1c1ccccc1. The largest absolute Gasteiger partial charge is 0.484 e. The second-order valence-electron chi connectivity index (χ2n) is 9.30. The van der Waals surface area contributed by atoms with Gasteiger partial charge >= 0.3 is 0 Å². The summed E-state index contributed by atoms with van der Waals surface area (Å²) in [5.74, 6) is 0.710. The number of ether oxygens (including phenoxy) is 1. The third kappa shape index (κ3) is 4.50. The third-order valence-corrected chi connectivity index (χ3v) is 5.68. The molecule has 0 saturated heterocycles. The van der Waals surface area contributed by atoms with Crippen molar-refractivity contribution in [3.8, 4) is 5.75 Å². The van der Waals surface area contributed by atoms with Crippen LogP contribution < -0.4 is 10.1 Å². The minimum absolute atomic E-state index is 0.00985. The number of nitrogens with zero attached hydrogens (tertiary/aromatic N) is 1. The zero-order valence-electron chi connectivity index (χ0n) is 18.0. The topological polar surface area (TPSA) is 58.6 Å². The van der Waals surface area contributed by atoms with Gasteiger partial charge in [-0.1, -0.05) is 57.2 Å². The normalized spacial score (nSPS) is 18.5. The predicted molar refractivity (Wildman–Crippen MR) is 116 cm³/mol. The van der Waals surface area contributed by atoms with Gasteiger partial charge in [0.15, 0.2) is 6.61 Å². The quantitative estimate of drug-likeness (QED) is 0.820. The van der Waals surface area contributed by atoms with E-state index in [1.54, 1.807) is 0 Å². The fourth-order valence-corrected chi connectivity index (χ4v) is 3.97. The molecule has 1 atom stereocenters. The molecule has 30 heavy (non-hydrogen) atoms. The van der Waals surface area contributed by atoms with Crippen molar-refractivity contribution in [1.29, 1.82) is 0 Å². The summed E-state index contributed by atoms with van der Waals surface area (Å²) < 4.78 is 5.79. The summed E-state index contributed by atoms with van der Waals surface area (Å²) >= 11 is 0. The van der Waals surface area contributed by atoms with Crippen molar-refractivity contribution in [3.05, 3.63) is 65.2 Å². The van der Waals surface area contributed by atoms with Crippen LogP contribution in [0, 0.1) is 5.41 Å². The molecular weight excluding hydrogens is 376 g/mol. The molecule has 5 heteroatoms. The summed E-state index contributed by atoms with van der Waals surface area (Å²) in [5, 5.41) is 2.94. The van der Waals surface area contributed by atoms with Gasteiger partial charge in [-0.2, -0.15) is 0 Å². The summed E-state index contributed by atoms with van der Waals surface area (Å²) in [5.41, 5.74) is 2.92. The summed E-state index contributed by atoms with van der Waals surface area (Å²) in [6.07, 6.45) is 2.92. The highest BCUT2D eigenvalue weighted by molar-refractivity contribution is 5.83. The molecule has 2 aromatic rings. The fraction of sp³-hybridized carbons (Fsp3) is 0.440. The Morgan fingerprint density at radius 2 is 1.83 bits per heavy atom. The lowest BCUT2D eigenvalue weighted by Gasteiger charge is -2.41.